The molecule has 5 unspecified atom stereocenters. The molecule has 5 N–H and O–H groups in total. The minimum atomic E-state index is -0.694. The predicted octanol–water partition coefficient (Wildman–Crippen LogP) is 2.72. The average molecular weight is 535 g/mol. The number of hydrogen-bond donors (Lipinski definition) is 5. The third-order valence-corrected chi connectivity index (χ3v) is 10.3. The van der Waals surface area contributed by atoms with Crippen molar-refractivity contribution in [1.29, 1.82) is 0 Å². The zero-order chi connectivity index (χ0) is 26.8. The van der Waals surface area contributed by atoms with Gasteiger partial charge < -0.3 is 26.2 Å². The lowest BCUT2D eigenvalue weighted by atomic mass is 9.47. The summed E-state index contributed by atoms with van der Waals surface area (Å²) in [4.78, 5) is 43.0. The van der Waals surface area contributed by atoms with Gasteiger partial charge in [-0.05, 0) is 43.4 Å². The van der Waals surface area contributed by atoms with E-state index in [9.17, 15) is 24.6 Å². The lowest BCUT2D eigenvalue weighted by Gasteiger charge is -2.58. The van der Waals surface area contributed by atoms with Crippen molar-refractivity contribution in [2.75, 3.05) is 25.0 Å². The smallest absolute Gasteiger partial charge is 0.229 e. The fourth-order valence-corrected chi connectivity index (χ4v) is 8.04. The molecule has 206 valence electrons. The predicted molar refractivity (Wildman–Crippen MR) is 142 cm³/mol. The second kappa shape index (κ2) is 11.4. The fraction of sp³-hybridized carbons (Fsp3) is 0.778. The van der Waals surface area contributed by atoms with Crippen molar-refractivity contribution in [2.45, 2.75) is 90.6 Å². The van der Waals surface area contributed by atoms with Gasteiger partial charge in [0.1, 0.15) is 0 Å². The molecule has 0 aliphatic heterocycles. The summed E-state index contributed by atoms with van der Waals surface area (Å²) in [7, 11) is 0. The van der Waals surface area contributed by atoms with Crippen molar-refractivity contribution in [3.8, 4) is 0 Å². The van der Waals surface area contributed by atoms with Crippen molar-refractivity contribution < 1.29 is 24.6 Å². The number of amides is 3. The zero-order valence-corrected chi connectivity index (χ0v) is 23.1. The highest BCUT2D eigenvalue weighted by Crippen LogP contribution is 2.62. The molecule has 10 heteroatoms. The van der Waals surface area contributed by atoms with E-state index in [2.05, 4.69) is 22.9 Å². The maximum Gasteiger partial charge on any atom is 0.229 e. The molecule has 0 aromatic carbocycles. The first-order valence-electron chi connectivity index (χ1n) is 13.7. The number of aliphatic hydroxyl groups is 2. The number of thiazole rings is 1. The van der Waals surface area contributed by atoms with Gasteiger partial charge in [-0.15, -0.1) is 11.3 Å². The number of hydrogen-bond acceptors (Lipinski definition) is 7. The topological polar surface area (TPSA) is 141 Å². The summed E-state index contributed by atoms with van der Waals surface area (Å²) in [5.74, 6) is -0.473. The standard InChI is InChI=1S/C27H42N4O5S/c1-16(33)28-11-12-29-22(35)13-18-23-19(14-20-26(18,2)10-9-21(34)27(20,3)15-32)37-25(30-23)31-24(36)17-7-5-4-6-8-17/h17-18,20-21,32,34H,4-15H2,1-3H3,(H,28,33)(H,29,35)(H,30,31,36). The average Bonchev–Trinajstić information content (AvgIpc) is 3.28. The Morgan fingerprint density at radius 3 is 2.46 bits per heavy atom. The molecule has 4 rings (SSSR count). The maximum absolute atomic E-state index is 13.1. The number of carbonyl (C=O) groups is 3. The number of aromatic nitrogens is 1. The number of anilines is 1. The van der Waals surface area contributed by atoms with Gasteiger partial charge in [-0.3, -0.25) is 14.4 Å². The molecule has 1 heterocycles. The van der Waals surface area contributed by atoms with Gasteiger partial charge in [-0.2, -0.15) is 0 Å². The van der Waals surface area contributed by atoms with Crippen LogP contribution < -0.4 is 16.0 Å². The third-order valence-electron chi connectivity index (χ3n) is 9.31. The van der Waals surface area contributed by atoms with Crippen LogP contribution in [-0.2, 0) is 20.8 Å². The molecule has 3 amide bonds. The van der Waals surface area contributed by atoms with E-state index >= 15 is 0 Å². The van der Waals surface area contributed by atoms with Crippen molar-refractivity contribution in [1.82, 2.24) is 15.6 Å². The summed E-state index contributed by atoms with van der Waals surface area (Å²) in [5, 5.41) is 30.5. The van der Waals surface area contributed by atoms with E-state index in [1.54, 1.807) is 0 Å². The molecule has 1 aromatic rings. The highest BCUT2D eigenvalue weighted by Gasteiger charge is 2.59. The first-order chi connectivity index (χ1) is 17.6. The second-order valence-electron chi connectivity index (χ2n) is 11.7. The molecule has 3 aliphatic carbocycles. The van der Waals surface area contributed by atoms with Gasteiger partial charge in [0.2, 0.25) is 17.7 Å². The molecule has 2 fully saturated rings. The van der Waals surface area contributed by atoms with Crippen LogP contribution in [0.3, 0.4) is 0 Å². The molecule has 0 spiro atoms. The molecule has 2 saturated carbocycles. The monoisotopic (exact) mass is 534 g/mol. The van der Waals surface area contributed by atoms with Crippen molar-refractivity contribution >= 4 is 34.2 Å². The second-order valence-corrected chi connectivity index (χ2v) is 12.8. The summed E-state index contributed by atoms with van der Waals surface area (Å²) in [6.07, 6.45) is 6.67. The van der Waals surface area contributed by atoms with E-state index in [4.69, 9.17) is 4.98 Å². The van der Waals surface area contributed by atoms with E-state index < -0.39 is 11.5 Å². The number of carbonyl (C=O) groups excluding carboxylic acids is 3. The van der Waals surface area contributed by atoms with Crippen LogP contribution in [0.15, 0.2) is 0 Å². The number of fused-ring (bicyclic) bond motifs is 2. The van der Waals surface area contributed by atoms with Gasteiger partial charge in [0.05, 0.1) is 18.4 Å². The molecular weight excluding hydrogens is 492 g/mol. The van der Waals surface area contributed by atoms with E-state index in [-0.39, 0.29) is 53.9 Å². The minimum Gasteiger partial charge on any atom is -0.396 e. The molecule has 3 aliphatic rings. The van der Waals surface area contributed by atoms with E-state index in [1.807, 2.05) is 6.92 Å². The Bertz CT molecular complexity index is 1010. The summed E-state index contributed by atoms with van der Waals surface area (Å²) < 4.78 is 0. The Labute approximate surface area is 223 Å². The quantitative estimate of drug-likeness (QED) is 0.325. The Morgan fingerprint density at radius 1 is 1.08 bits per heavy atom. The highest BCUT2D eigenvalue weighted by atomic mass is 32.1. The Morgan fingerprint density at radius 2 is 1.78 bits per heavy atom. The number of nitrogens with zero attached hydrogens (tertiary/aromatic N) is 1. The van der Waals surface area contributed by atoms with Crippen LogP contribution in [0, 0.1) is 22.7 Å². The summed E-state index contributed by atoms with van der Waals surface area (Å²) in [6, 6.07) is 0. The van der Waals surface area contributed by atoms with Gasteiger partial charge >= 0.3 is 0 Å². The van der Waals surface area contributed by atoms with Gasteiger partial charge in [-0.25, -0.2) is 4.98 Å². The van der Waals surface area contributed by atoms with Crippen LogP contribution in [-0.4, -0.2) is 58.7 Å². The Hall–Kier alpha value is -2.04. The SMILES string of the molecule is CC(=O)NCCNC(=O)CC1c2nc(NC(=O)C3CCCCC3)sc2CC2C(C)(CO)C(O)CCC12C. The van der Waals surface area contributed by atoms with E-state index in [1.165, 1.54) is 24.7 Å². The van der Waals surface area contributed by atoms with Gasteiger partial charge in [0, 0.05) is 48.6 Å². The van der Waals surface area contributed by atoms with E-state index in [0.717, 1.165) is 42.7 Å². The molecule has 37 heavy (non-hydrogen) atoms. The third kappa shape index (κ3) is 5.71. The van der Waals surface area contributed by atoms with Crippen molar-refractivity contribution in [3.63, 3.8) is 0 Å². The van der Waals surface area contributed by atoms with E-state index in [0.29, 0.717) is 31.1 Å². The van der Waals surface area contributed by atoms with Crippen LogP contribution in [0.4, 0.5) is 5.13 Å². The maximum atomic E-state index is 13.1. The first kappa shape index (κ1) is 28.0. The first-order valence-corrected chi connectivity index (χ1v) is 14.5. The fourth-order valence-electron chi connectivity index (χ4n) is 6.97. The summed E-state index contributed by atoms with van der Waals surface area (Å²) >= 11 is 1.46. The van der Waals surface area contributed by atoms with Crippen molar-refractivity contribution in [3.05, 3.63) is 10.6 Å². The summed E-state index contributed by atoms with van der Waals surface area (Å²) in [6.45, 7) is 6.11. The van der Waals surface area contributed by atoms with Crippen molar-refractivity contribution in [2.24, 2.45) is 22.7 Å². The number of aliphatic hydroxyl groups excluding tert-OH is 2. The van der Waals surface area contributed by atoms with Crippen LogP contribution in [0.25, 0.3) is 0 Å². The van der Waals surface area contributed by atoms with Gasteiger partial charge in [0.25, 0.3) is 0 Å². The number of rotatable bonds is 8. The molecule has 5 atom stereocenters. The molecular formula is C27H42N4O5S. The van der Waals surface area contributed by atoms with Gasteiger partial charge in [-0.1, -0.05) is 33.1 Å². The minimum absolute atomic E-state index is 0.0211. The normalized spacial score (nSPS) is 31.6. The Kier molecular flexibility index (Phi) is 8.60. The molecule has 0 bridgehead atoms. The van der Waals surface area contributed by atoms with Crippen LogP contribution in [0.1, 0.15) is 88.6 Å². The molecule has 0 radical (unpaired) electrons. The van der Waals surface area contributed by atoms with Crippen LogP contribution in [0.2, 0.25) is 0 Å². The van der Waals surface area contributed by atoms with Gasteiger partial charge in [0.15, 0.2) is 5.13 Å². The lowest BCUT2D eigenvalue weighted by Crippen LogP contribution is -2.57. The lowest BCUT2D eigenvalue weighted by molar-refractivity contribution is -0.144. The Balaban J connectivity index is 1.60. The highest BCUT2D eigenvalue weighted by molar-refractivity contribution is 7.15. The van der Waals surface area contributed by atoms with Crippen LogP contribution in [0.5, 0.6) is 0 Å². The largest absolute Gasteiger partial charge is 0.396 e. The summed E-state index contributed by atoms with van der Waals surface area (Å²) in [5.41, 5.74) is -0.186. The van der Waals surface area contributed by atoms with Crippen LogP contribution >= 0.6 is 11.3 Å². The number of nitrogens with one attached hydrogen (secondary N) is 3. The molecule has 9 nitrogen and oxygen atoms in total. The zero-order valence-electron chi connectivity index (χ0n) is 22.3. The molecule has 1 aromatic heterocycles. The molecule has 0 saturated heterocycles.